The van der Waals surface area contributed by atoms with Crippen LogP contribution in [-0.2, 0) is 13.0 Å². The molecular formula is C15H20IN3O. The van der Waals surface area contributed by atoms with E-state index < -0.39 is 0 Å². The monoisotopic (exact) mass is 385 g/mol. The predicted octanol–water partition coefficient (Wildman–Crippen LogP) is 2.81. The highest BCUT2D eigenvalue weighted by Gasteiger charge is 1.99. The summed E-state index contributed by atoms with van der Waals surface area (Å²) in [5, 5.41) is 6.53. The SMILES string of the molecule is CN=C(NCCc1ccco1)NCc1ccccc1.I. The number of benzene rings is 1. The lowest BCUT2D eigenvalue weighted by molar-refractivity contribution is 0.507. The van der Waals surface area contributed by atoms with E-state index in [2.05, 4.69) is 27.8 Å². The second-order valence-electron chi connectivity index (χ2n) is 4.17. The first-order valence-electron chi connectivity index (χ1n) is 6.39. The van der Waals surface area contributed by atoms with Crippen LogP contribution in [0.4, 0.5) is 0 Å². The number of halogens is 1. The van der Waals surface area contributed by atoms with Gasteiger partial charge in [0.05, 0.1) is 6.26 Å². The molecule has 2 N–H and O–H groups in total. The third-order valence-corrected chi connectivity index (χ3v) is 2.77. The molecule has 0 unspecified atom stereocenters. The Hall–Kier alpha value is -1.50. The Morgan fingerprint density at radius 2 is 1.90 bits per heavy atom. The number of hydrogen-bond acceptors (Lipinski definition) is 2. The normalized spacial score (nSPS) is 10.8. The molecule has 0 aliphatic rings. The fourth-order valence-corrected chi connectivity index (χ4v) is 1.76. The molecule has 2 aromatic rings. The van der Waals surface area contributed by atoms with Crippen molar-refractivity contribution in [1.29, 1.82) is 0 Å². The smallest absolute Gasteiger partial charge is 0.191 e. The Bertz CT molecular complexity index is 497. The zero-order valence-corrected chi connectivity index (χ0v) is 13.8. The summed E-state index contributed by atoms with van der Waals surface area (Å²) in [6.07, 6.45) is 2.54. The fourth-order valence-electron chi connectivity index (χ4n) is 1.76. The Morgan fingerprint density at radius 3 is 2.55 bits per heavy atom. The molecule has 0 radical (unpaired) electrons. The van der Waals surface area contributed by atoms with Crippen LogP contribution in [0.25, 0.3) is 0 Å². The summed E-state index contributed by atoms with van der Waals surface area (Å²) in [7, 11) is 1.77. The molecular weight excluding hydrogens is 365 g/mol. The molecule has 0 spiro atoms. The maximum atomic E-state index is 5.28. The molecule has 1 aromatic carbocycles. The van der Waals surface area contributed by atoms with Crippen molar-refractivity contribution >= 4 is 29.9 Å². The predicted molar refractivity (Wildman–Crippen MR) is 92.5 cm³/mol. The van der Waals surface area contributed by atoms with Crippen molar-refractivity contribution in [2.24, 2.45) is 4.99 Å². The maximum absolute atomic E-state index is 5.28. The molecule has 20 heavy (non-hydrogen) atoms. The van der Waals surface area contributed by atoms with Gasteiger partial charge in [-0.15, -0.1) is 24.0 Å². The van der Waals surface area contributed by atoms with Gasteiger partial charge in [-0.3, -0.25) is 4.99 Å². The minimum atomic E-state index is 0. The minimum absolute atomic E-state index is 0. The van der Waals surface area contributed by atoms with E-state index in [0.29, 0.717) is 0 Å². The van der Waals surface area contributed by atoms with E-state index in [1.807, 2.05) is 30.3 Å². The molecule has 108 valence electrons. The van der Waals surface area contributed by atoms with Crippen LogP contribution in [0.15, 0.2) is 58.1 Å². The first kappa shape index (κ1) is 16.6. The number of nitrogens with one attached hydrogen (secondary N) is 2. The average molecular weight is 385 g/mol. The number of furan rings is 1. The highest BCUT2D eigenvalue weighted by molar-refractivity contribution is 14.0. The van der Waals surface area contributed by atoms with Crippen LogP contribution in [0.1, 0.15) is 11.3 Å². The molecule has 0 saturated heterocycles. The van der Waals surface area contributed by atoms with E-state index in [4.69, 9.17) is 4.42 Å². The fraction of sp³-hybridized carbons (Fsp3) is 0.267. The van der Waals surface area contributed by atoms with Crippen molar-refractivity contribution in [3.05, 3.63) is 60.1 Å². The molecule has 0 amide bonds. The second kappa shape index (κ2) is 9.41. The van der Waals surface area contributed by atoms with Crippen molar-refractivity contribution in [2.45, 2.75) is 13.0 Å². The first-order valence-corrected chi connectivity index (χ1v) is 6.39. The van der Waals surface area contributed by atoms with E-state index >= 15 is 0 Å². The molecule has 0 aliphatic carbocycles. The number of aliphatic imine (C=N–C) groups is 1. The van der Waals surface area contributed by atoms with Gasteiger partial charge < -0.3 is 15.1 Å². The number of rotatable bonds is 5. The van der Waals surface area contributed by atoms with Gasteiger partial charge in [0, 0.05) is 26.6 Å². The zero-order chi connectivity index (χ0) is 13.3. The quantitative estimate of drug-likeness (QED) is 0.473. The third kappa shape index (κ3) is 5.64. The lowest BCUT2D eigenvalue weighted by atomic mass is 10.2. The highest BCUT2D eigenvalue weighted by Crippen LogP contribution is 1.99. The third-order valence-electron chi connectivity index (χ3n) is 2.77. The summed E-state index contributed by atoms with van der Waals surface area (Å²) in [5.41, 5.74) is 1.23. The van der Waals surface area contributed by atoms with Gasteiger partial charge in [0.2, 0.25) is 0 Å². The summed E-state index contributed by atoms with van der Waals surface area (Å²) in [4.78, 5) is 4.19. The van der Waals surface area contributed by atoms with Gasteiger partial charge >= 0.3 is 0 Å². The van der Waals surface area contributed by atoms with Gasteiger partial charge in [-0.05, 0) is 17.7 Å². The first-order chi connectivity index (χ1) is 9.38. The minimum Gasteiger partial charge on any atom is -0.469 e. The molecule has 2 rings (SSSR count). The molecule has 1 heterocycles. The molecule has 5 heteroatoms. The Morgan fingerprint density at radius 1 is 1.10 bits per heavy atom. The molecule has 0 bridgehead atoms. The number of guanidine groups is 1. The van der Waals surface area contributed by atoms with Gasteiger partial charge in [-0.2, -0.15) is 0 Å². The summed E-state index contributed by atoms with van der Waals surface area (Å²) >= 11 is 0. The van der Waals surface area contributed by atoms with Gasteiger partial charge in [0.15, 0.2) is 5.96 Å². The van der Waals surface area contributed by atoms with Gasteiger partial charge in [0.1, 0.15) is 5.76 Å². The van der Waals surface area contributed by atoms with Crippen LogP contribution in [0.3, 0.4) is 0 Å². The van der Waals surface area contributed by atoms with Crippen LogP contribution < -0.4 is 10.6 Å². The topological polar surface area (TPSA) is 49.6 Å². The molecule has 4 nitrogen and oxygen atoms in total. The Kier molecular flexibility index (Phi) is 7.79. The Balaban J connectivity index is 0.00000200. The molecule has 0 aliphatic heterocycles. The van der Waals surface area contributed by atoms with Crippen molar-refractivity contribution in [3.63, 3.8) is 0 Å². The van der Waals surface area contributed by atoms with Crippen LogP contribution in [0.2, 0.25) is 0 Å². The average Bonchev–Trinajstić information content (AvgIpc) is 2.97. The van der Waals surface area contributed by atoms with Crippen molar-refractivity contribution < 1.29 is 4.42 Å². The van der Waals surface area contributed by atoms with E-state index in [1.165, 1.54) is 5.56 Å². The Labute approximate surface area is 136 Å². The standard InChI is InChI=1S/C15H19N3O.HI/c1-16-15(17-10-9-14-8-5-11-19-14)18-12-13-6-3-2-4-7-13;/h2-8,11H,9-10,12H2,1H3,(H2,16,17,18);1H. The molecule has 0 fully saturated rings. The lowest BCUT2D eigenvalue weighted by Crippen LogP contribution is -2.37. The molecule has 1 aromatic heterocycles. The van der Waals surface area contributed by atoms with Crippen molar-refractivity contribution in [2.75, 3.05) is 13.6 Å². The zero-order valence-electron chi connectivity index (χ0n) is 11.5. The van der Waals surface area contributed by atoms with E-state index in [9.17, 15) is 0 Å². The van der Waals surface area contributed by atoms with E-state index in [0.717, 1.165) is 31.2 Å². The summed E-state index contributed by atoms with van der Waals surface area (Å²) in [6, 6.07) is 14.1. The van der Waals surface area contributed by atoms with E-state index in [1.54, 1.807) is 13.3 Å². The van der Waals surface area contributed by atoms with Gasteiger partial charge in [-0.25, -0.2) is 0 Å². The van der Waals surface area contributed by atoms with E-state index in [-0.39, 0.29) is 24.0 Å². The number of hydrogen-bond donors (Lipinski definition) is 2. The van der Waals surface area contributed by atoms with Crippen molar-refractivity contribution in [1.82, 2.24) is 10.6 Å². The highest BCUT2D eigenvalue weighted by atomic mass is 127. The summed E-state index contributed by atoms with van der Waals surface area (Å²) < 4.78 is 5.28. The van der Waals surface area contributed by atoms with Crippen LogP contribution >= 0.6 is 24.0 Å². The number of nitrogens with zero attached hydrogens (tertiary/aromatic N) is 1. The van der Waals surface area contributed by atoms with Crippen LogP contribution in [0, 0.1) is 0 Å². The largest absolute Gasteiger partial charge is 0.469 e. The van der Waals surface area contributed by atoms with Gasteiger partial charge in [0.25, 0.3) is 0 Å². The summed E-state index contributed by atoms with van der Waals surface area (Å²) in [5.74, 6) is 1.78. The van der Waals surface area contributed by atoms with Crippen molar-refractivity contribution in [3.8, 4) is 0 Å². The van der Waals surface area contributed by atoms with Gasteiger partial charge in [-0.1, -0.05) is 30.3 Å². The second-order valence-corrected chi connectivity index (χ2v) is 4.17. The van der Waals surface area contributed by atoms with Crippen LogP contribution in [0.5, 0.6) is 0 Å². The molecule has 0 saturated carbocycles. The molecule has 0 atom stereocenters. The maximum Gasteiger partial charge on any atom is 0.191 e. The van der Waals surface area contributed by atoms with Crippen LogP contribution in [-0.4, -0.2) is 19.6 Å². The lowest BCUT2D eigenvalue weighted by Gasteiger charge is -2.11. The summed E-state index contributed by atoms with van der Waals surface area (Å²) in [6.45, 7) is 1.56.